The molecule has 0 spiro atoms. The van der Waals surface area contributed by atoms with Crippen LogP contribution in [0, 0.1) is 23.7 Å². The number of hydrogen-bond acceptors (Lipinski definition) is 7. The molecule has 10 heteroatoms. The number of likely N-dealkylation sites (N-methyl/N-ethyl adjacent to an activating group) is 1. The summed E-state index contributed by atoms with van der Waals surface area (Å²) in [5, 5.41) is 8.63. The van der Waals surface area contributed by atoms with E-state index in [1.165, 1.54) is 7.11 Å². The van der Waals surface area contributed by atoms with Crippen LogP contribution in [0.3, 0.4) is 0 Å². The van der Waals surface area contributed by atoms with E-state index >= 15 is 0 Å². The van der Waals surface area contributed by atoms with Gasteiger partial charge in [-0.25, -0.2) is 4.79 Å². The SMILES string of the molecule is COC(=O)C1(NC(=O)[C@H](C)NC(=O)C2(NC(=O)CN3CCN(C)CC3)C[C@H]2C(C)C)CC1C(C)C. The van der Waals surface area contributed by atoms with Gasteiger partial charge in [0.2, 0.25) is 17.7 Å². The lowest BCUT2D eigenvalue weighted by atomic mass is 10.0. The number of methoxy groups -OCH3 is 1. The van der Waals surface area contributed by atoms with Crippen LogP contribution in [-0.2, 0) is 23.9 Å². The number of rotatable bonds is 10. The van der Waals surface area contributed by atoms with E-state index in [1.54, 1.807) is 6.92 Å². The van der Waals surface area contributed by atoms with E-state index in [1.807, 2.05) is 27.7 Å². The number of nitrogens with one attached hydrogen (secondary N) is 3. The highest BCUT2D eigenvalue weighted by molar-refractivity contribution is 5.99. The lowest BCUT2D eigenvalue weighted by Gasteiger charge is -2.32. The molecule has 3 aliphatic rings. The second-order valence-electron chi connectivity index (χ2n) is 11.4. The first kappa shape index (κ1) is 27.4. The number of piperazine rings is 1. The predicted octanol–water partition coefficient (Wildman–Crippen LogP) is -0.0267. The molecule has 198 valence electrons. The highest BCUT2D eigenvalue weighted by atomic mass is 16.5. The summed E-state index contributed by atoms with van der Waals surface area (Å²) < 4.78 is 4.94. The Balaban J connectivity index is 1.61. The minimum atomic E-state index is -1.03. The van der Waals surface area contributed by atoms with Crippen LogP contribution in [0.5, 0.6) is 0 Å². The molecule has 1 aliphatic heterocycles. The quantitative estimate of drug-likeness (QED) is 0.366. The Morgan fingerprint density at radius 2 is 1.43 bits per heavy atom. The molecule has 3 fully saturated rings. The van der Waals surface area contributed by atoms with Crippen molar-refractivity contribution in [1.29, 1.82) is 0 Å². The molecule has 0 aromatic rings. The summed E-state index contributed by atoms with van der Waals surface area (Å²) in [6.45, 7) is 13.3. The smallest absolute Gasteiger partial charge is 0.331 e. The molecule has 0 aromatic heterocycles. The molecule has 3 unspecified atom stereocenters. The Kier molecular flexibility index (Phi) is 8.16. The third-order valence-electron chi connectivity index (χ3n) is 8.01. The van der Waals surface area contributed by atoms with Crippen molar-refractivity contribution >= 4 is 23.7 Å². The molecule has 1 heterocycles. The molecule has 3 N–H and O–H groups in total. The predicted molar refractivity (Wildman–Crippen MR) is 131 cm³/mol. The molecular formula is C25H43N5O5. The molecule has 1 saturated heterocycles. The Bertz CT molecular complexity index is 840. The Hall–Kier alpha value is -2.20. The van der Waals surface area contributed by atoms with Gasteiger partial charge in [-0.15, -0.1) is 0 Å². The van der Waals surface area contributed by atoms with Crippen molar-refractivity contribution in [2.45, 2.75) is 64.6 Å². The minimum absolute atomic E-state index is 0.00393. The summed E-state index contributed by atoms with van der Waals surface area (Å²) in [4.78, 5) is 55.9. The number of esters is 1. The monoisotopic (exact) mass is 493 g/mol. The first-order chi connectivity index (χ1) is 16.4. The van der Waals surface area contributed by atoms with Gasteiger partial charge in [0, 0.05) is 26.2 Å². The third-order valence-corrected chi connectivity index (χ3v) is 8.01. The number of carbonyl (C=O) groups is 4. The zero-order valence-corrected chi connectivity index (χ0v) is 22.3. The van der Waals surface area contributed by atoms with Gasteiger partial charge in [0.15, 0.2) is 0 Å². The topological polar surface area (TPSA) is 120 Å². The maximum atomic E-state index is 13.4. The molecule has 3 rings (SSSR count). The van der Waals surface area contributed by atoms with Crippen molar-refractivity contribution in [3.8, 4) is 0 Å². The molecule has 2 aliphatic carbocycles. The fraction of sp³-hybridized carbons (Fsp3) is 0.840. The number of ether oxygens (including phenoxy) is 1. The van der Waals surface area contributed by atoms with E-state index in [4.69, 9.17) is 4.74 Å². The Morgan fingerprint density at radius 1 is 0.886 bits per heavy atom. The number of carbonyl (C=O) groups excluding carboxylic acids is 4. The molecule has 35 heavy (non-hydrogen) atoms. The zero-order chi connectivity index (χ0) is 26.1. The normalized spacial score (nSPS) is 31.6. The van der Waals surface area contributed by atoms with Crippen LogP contribution in [0.4, 0.5) is 0 Å². The maximum absolute atomic E-state index is 13.4. The van der Waals surface area contributed by atoms with Crippen LogP contribution in [0.2, 0.25) is 0 Å². The van der Waals surface area contributed by atoms with Crippen LogP contribution < -0.4 is 16.0 Å². The van der Waals surface area contributed by atoms with Crippen molar-refractivity contribution in [3.05, 3.63) is 0 Å². The van der Waals surface area contributed by atoms with Crippen LogP contribution in [-0.4, -0.2) is 97.5 Å². The van der Waals surface area contributed by atoms with E-state index in [9.17, 15) is 19.2 Å². The van der Waals surface area contributed by atoms with Gasteiger partial charge < -0.3 is 25.6 Å². The number of nitrogens with zero attached hydrogens (tertiary/aromatic N) is 2. The van der Waals surface area contributed by atoms with E-state index in [0.29, 0.717) is 12.8 Å². The van der Waals surface area contributed by atoms with Crippen molar-refractivity contribution in [3.63, 3.8) is 0 Å². The first-order valence-electron chi connectivity index (χ1n) is 12.8. The highest BCUT2D eigenvalue weighted by Crippen LogP contribution is 2.50. The first-order valence-corrected chi connectivity index (χ1v) is 12.8. The lowest BCUT2D eigenvalue weighted by Crippen LogP contribution is -2.59. The van der Waals surface area contributed by atoms with Crippen molar-refractivity contribution in [2.24, 2.45) is 23.7 Å². The van der Waals surface area contributed by atoms with Gasteiger partial charge in [0.25, 0.3) is 0 Å². The number of hydrogen-bond donors (Lipinski definition) is 3. The summed E-state index contributed by atoms with van der Waals surface area (Å²) in [5.41, 5.74) is -2.04. The van der Waals surface area contributed by atoms with Crippen LogP contribution in [0.1, 0.15) is 47.5 Å². The van der Waals surface area contributed by atoms with Crippen LogP contribution in [0.25, 0.3) is 0 Å². The molecular weight excluding hydrogens is 450 g/mol. The largest absolute Gasteiger partial charge is 0.467 e. The van der Waals surface area contributed by atoms with Crippen LogP contribution in [0.15, 0.2) is 0 Å². The van der Waals surface area contributed by atoms with Gasteiger partial charge in [0.1, 0.15) is 17.1 Å². The molecule has 0 bridgehead atoms. The van der Waals surface area contributed by atoms with Gasteiger partial charge >= 0.3 is 5.97 Å². The summed E-state index contributed by atoms with van der Waals surface area (Å²) in [7, 11) is 3.37. The molecule has 2 saturated carbocycles. The fourth-order valence-corrected chi connectivity index (χ4v) is 5.48. The van der Waals surface area contributed by atoms with Crippen molar-refractivity contribution in [1.82, 2.24) is 25.8 Å². The van der Waals surface area contributed by atoms with E-state index < -0.39 is 29.0 Å². The average Bonchev–Trinajstić information content (AvgIpc) is 3.69. The second kappa shape index (κ2) is 10.4. The zero-order valence-electron chi connectivity index (χ0n) is 22.3. The van der Waals surface area contributed by atoms with Crippen molar-refractivity contribution in [2.75, 3.05) is 46.9 Å². The lowest BCUT2D eigenvalue weighted by molar-refractivity contribution is -0.147. The van der Waals surface area contributed by atoms with Gasteiger partial charge in [-0.2, -0.15) is 0 Å². The van der Waals surface area contributed by atoms with E-state index in [2.05, 4.69) is 32.8 Å². The van der Waals surface area contributed by atoms with E-state index in [-0.39, 0.29) is 42.0 Å². The third kappa shape index (κ3) is 5.80. The molecule has 0 aromatic carbocycles. The second-order valence-corrected chi connectivity index (χ2v) is 11.4. The molecule has 3 amide bonds. The average molecular weight is 494 g/mol. The van der Waals surface area contributed by atoms with E-state index in [0.717, 1.165) is 26.2 Å². The van der Waals surface area contributed by atoms with Gasteiger partial charge in [-0.1, -0.05) is 27.7 Å². The Labute approximate surface area is 208 Å². The number of amides is 3. The van der Waals surface area contributed by atoms with Gasteiger partial charge in [-0.05, 0) is 50.5 Å². The van der Waals surface area contributed by atoms with Crippen molar-refractivity contribution < 1.29 is 23.9 Å². The summed E-state index contributed by atoms with van der Waals surface area (Å²) >= 11 is 0. The highest BCUT2D eigenvalue weighted by Gasteiger charge is 2.64. The fourth-order valence-electron chi connectivity index (χ4n) is 5.48. The maximum Gasteiger partial charge on any atom is 0.331 e. The summed E-state index contributed by atoms with van der Waals surface area (Å²) in [6.07, 6.45) is 1.06. The Morgan fingerprint density at radius 3 is 1.91 bits per heavy atom. The summed E-state index contributed by atoms with van der Waals surface area (Å²) in [5.74, 6) is -1.02. The molecule has 10 nitrogen and oxygen atoms in total. The minimum Gasteiger partial charge on any atom is -0.467 e. The standard InChI is InChI=1S/C25H43N5O5/c1-15(2)18-12-24(18,27-20(31)14-30-10-8-29(6)9-11-30)22(33)26-17(5)21(32)28-25(23(34)35-7)13-19(25)16(3)4/h15-19H,8-14H2,1-7H3,(H,26,33)(H,27,31)(H,28,32)/t17-,18-,19?,24?,25?/m0/s1. The molecule has 0 radical (unpaired) electrons. The van der Waals surface area contributed by atoms with Gasteiger partial charge in [0.05, 0.1) is 13.7 Å². The molecule has 5 atom stereocenters. The van der Waals surface area contributed by atoms with Gasteiger partial charge in [-0.3, -0.25) is 19.3 Å². The summed E-state index contributed by atoms with van der Waals surface area (Å²) in [6, 6.07) is -0.864. The van der Waals surface area contributed by atoms with Crippen LogP contribution >= 0.6 is 0 Å².